The average Bonchev–Trinajstić information content (AvgIpc) is 2.61. The van der Waals surface area contributed by atoms with E-state index in [1.54, 1.807) is 18.2 Å². The van der Waals surface area contributed by atoms with E-state index in [2.05, 4.69) is 5.32 Å². The molecule has 1 aromatic carbocycles. The van der Waals surface area contributed by atoms with Gasteiger partial charge in [-0.15, -0.1) is 0 Å². The molecule has 0 aromatic heterocycles. The third-order valence-corrected chi connectivity index (χ3v) is 5.78. The third kappa shape index (κ3) is 4.48. The van der Waals surface area contributed by atoms with Gasteiger partial charge in [-0.1, -0.05) is 0 Å². The molecule has 2 aliphatic rings. The van der Waals surface area contributed by atoms with E-state index in [1.807, 2.05) is 0 Å². The molecule has 0 bridgehead atoms. The summed E-state index contributed by atoms with van der Waals surface area (Å²) in [7, 11) is -1.23. The van der Waals surface area contributed by atoms with Crippen LogP contribution in [0.2, 0.25) is 0 Å². The highest BCUT2D eigenvalue weighted by Gasteiger charge is 2.20. The number of nitrogens with two attached hydrogens (primary N) is 1. The van der Waals surface area contributed by atoms with Crippen LogP contribution in [0.15, 0.2) is 23.1 Å². The minimum atomic E-state index is -1.23. The van der Waals surface area contributed by atoms with E-state index in [4.69, 9.17) is 15.2 Å². The summed E-state index contributed by atoms with van der Waals surface area (Å²) in [5, 5.41) is 3.02. The maximum Gasteiger partial charge on any atom is 0.221 e. The molecule has 1 fully saturated rings. The number of carbonyl (C=O) groups excluding carboxylic acids is 1. The summed E-state index contributed by atoms with van der Waals surface area (Å²) in [6, 6.07) is 5.75. The standard InChI is InChI=1S/C17H24N2O4S/c18-12-1-3-13(4-2-12)19-17(20)7-10-24(21)14-5-6-15-16(11-14)23-9-8-22-15/h5-6,11-13H,1-4,7-10,18H2,(H,19,20). The van der Waals surface area contributed by atoms with Crippen molar-refractivity contribution < 1.29 is 18.5 Å². The van der Waals surface area contributed by atoms with Gasteiger partial charge in [0.25, 0.3) is 0 Å². The van der Waals surface area contributed by atoms with Crippen molar-refractivity contribution in [3.63, 3.8) is 0 Å². The van der Waals surface area contributed by atoms with Crippen LogP contribution < -0.4 is 20.5 Å². The van der Waals surface area contributed by atoms with Crippen LogP contribution in [0.1, 0.15) is 32.1 Å². The molecule has 1 aliphatic carbocycles. The number of nitrogens with one attached hydrogen (secondary N) is 1. The number of carbonyl (C=O) groups is 1. The van der Waals surface area contributed by atoms with Gasteiger partial charge in [-0.2, -0.15) is 0 Å². The van der Waals surface area contributed by atoms with Crippen LogP contribution in [0.4, 0.5) is 0 Å². The fourth-order valence-corrected chi connectivity index (χ4v) is 4.10. The Bertz CT molecular complexity index is 615. The first-order valence-corrected chi connectivity index (χ1v) is 9.76. The summed E-state index contributed by atoms with van der Waals surface area (Å²) < 4.78 is 23.3. The zero-order chi connectivity index (χ0) is 16.9. The Labute approximate surface area is 144 Å². The number of rotatable bonds is 5. The van der Waals surface area contributed by atoms with Crippen molar-refractivity contribution in [1.82, 2.24) is 5.32 Å². The molecule has 1 amide bonds. The van der Waals surface area contributed by atoms with Gasteiger partial charge in [0.1, 0.15) is 13.2 Å². The number of hydrogen-bond acceptors (Lipinski definition) is 5. The van der Waals surface area contributed by atoms with Crippen molar-refractivity contribution in [3.8, 4) is 11.5 Å². The molecule has 1 aromatic rings. The van der Waals surface area contributed by atoms with Gasteiger partial charge < -0.3 is 20.5 Å². The summed E-state index contributed by atoms with van der Waals surface area (Å²) in [6.45, 7) is 1.03. The first-order chi connectivity index (χ1) is 11.6. The van der Waals surface area contributed by atoms with Crippen LogP contribution in [0.3, 0.4) is 0 Å². The van der Waals surface area contributed by atoms with E-state index in [0.29, 0.717) is 35.4 Å². The maximum absolute atomic E-state index is 12.4. The zero-order valence-electron chi connectivity index (χ0n) is 13.7. The normalized spacial score (nSPS) is 24.2. The Balaban J connectivity index is 1.47. The minimum Gasteiger partial charge on any atom is -0.486 e. The molecule has 132 valence electrons. The quantitative estimate of drug-likeness (QED) is 0.835. The van der Waals surface area contributed by atoms with E-state index < -0.39 is 10.8 Å². The molecule has 1 unspecified atom stereocenters. The molecule has 24 heavy (non-hydrogen) atoms. The summed E-state index contributed by atoms with van der Waals surface area (Å²) in [6.07, 6.45) is 4.02. The van der Waals surface area contributed by atoms with E-state index >= 15 is 0 Å². The van der Waals surface area contributed by atoms with E-state index in [-0.39, 0.29) is 24.4 Å². The summed E-state index contributed by atoms with van der Waals surface area (Å²) >= 11 is 0. The molecule has 1 heterocycles. The number of hydrogen-bond donors (Lipinski definition) is 2. The zero-order valence-corrected chi connectivity index (χ0v) is 14.5. The molecule has 6 nitrogen and oxygen atoms in total. The maximum atomic E-state index is 12.4. The van der Waals surface area contributed by atoms with Crippen LogP contribution >= 0.6 is 0 Å². The topological polar surface area (TPSA) is 90.7 Å². The molecular formula is C17H24N2O4S. The Morgan fingerprint density at radius 2 is 1.88 bits per heavy atom. The number of fused-ring (bicyclic) bond motifs is 1. The molecule has 0 spiro atoms. The van der Waals surface area contributed by atoms with Crippen LogP contribution in [-0.2, 0) is 15.6 Å². The number of amides is 1. The van der Waals surface area contributed by atoms with E-state index in [9.17, 15) is 9.00 Å². The van der Waals surface area contributed by atoms with Crippen LogP contribution in [0.25, 0.3) is 0 Å². The highest BCUT2D eigenvalue weighted by Crippen LogP contribution is 2.31. The Morgan fingerprint density at radius 1 is 1.17 bits per heavy atom. The first-order valence-electron chi connectivity index (χ1n) is 8.45. The van der Waals surface area contributed by atoms with Crippen molar-refractivity contribution in [2.45, 2.75) is 49.1 Å². The molecule has 0 radical (unpaired) electrons. The van der Waals surface area contributed by atoms with Crippen LogP contribution in [0.5, 0.6) is 11.5 Å². The fourth-order valence-electron chi connectivity index (χ4n) is 3.03. The molecule has 1 atom stereocenters. The molecule has 7 heteroatoms. The first kappa shape index (κ1) is 17.2. The second-order valence-corrected chi connectivity index (χ2v) is 7.86. The van der Waals surface area contributed by atoms with Gasteiger partial charge in [0.05, 0.1) is 10.8 Å². The predicted molar refractivity (Wildman–Crippen MR) is 91.7 cm³/mol. The number of benzene rings is 1. The van der Waals surface area contributed by atoms with Gasteiger partial charge in [-0.3, -0.25) is 9.00 Å². The van der Waals surface area contributed by atoms with Gasteiger partial charge in [0, 0.05) is 35.2 Å². The van der Waals surface area contributed by atoms with Crippen molar-refractivity contribution in [3.05, 3.63) is 18.2 Å². The summed E-state index contributed by atoms with van der Waals surface area (Å²) in [5.41, 5.74) is 5.87. The fraction of sp³-hybridized carbons (Fsp3) is 0.588. The average molecular weight is 352 g/mol. The second-order valence-electron chi connectivity index (χ2n) is 6.28. The van der Waals surface area contributed by atoms with Gasteiger partial charge >= 0.3 is 0 Å². The lowest BCUT2D eigenvalue weighted by molar-refractivity contribution is -0.121. The SMILES string of the molecule is NC1CCC(NC(=O)CCS(=O)c2ccc3c(c2)OCCO3)CC1. The van der Waals surface area contributed by atoms with Gasteiger partial charge in [0.2, 0.25) is 5.91 Å². The van der Waals surface area contributed by atoms with Gasteiger partial charge in [-0.05, 0) is 37.8 Å². The molecule has 1 aliphatic heterocycles. The van der Waals surface area contributed by atoms with Gasteiger partial charge in [0.15, 0.2) is 11.5 Å². The lowest BCUT2D eigenvalue weighted by atomic mass is 9.92. The van der Waals surface area contributed by atoms with Crippen molar-refractivity contribution in [2.75, 3.05) is 19.0 Å². The van der Waals surface area contributed by atoms with Gasteiger partial charge in [-0.25, -0.2) is 0 Å². The minimum absolute atomic E-state index is 0.0404. The molecule has 1 saturated carbocycles. The highest BCUT2D eigenvalue weighted by molar-refractivity contribution is 7.85. The highest BCUT2D eigenvalue weighted by atomic mass is 32.2. The smallest absolute Gasteiger partial charge is 0.221 e. The lowest BCUT2D eigenvalue weighted by Gasteiger charge is -2.26. The summed E-state index contributed by atoms with van der Waals surface area (Å²) in [4.78, 5) is 12.7. The van der Waals surface area contributed by atoms with E-state index in [1.165, 1.54) is 0 Å². The predicted octanol–water partition coefficient (Wildman–Crippen LogP) is 1.34. The largest absolute Gasteiger partial charge is 0.486 e. The molecular weight excluding hydrogens is 328 g/mol. The van der Waals surface area contributed by atoms with Crippen LogP contribution in [-0.4, -0.2) is 41.2 Å². The lowest BCUT2D eigenvalue weighted by Crippen LogP contribution is -2.40. The third-order valence-electron chi connectivity index (χ3n) is 4.43. The van der Waals surface area contributed by atoms with Crippen molar-refractivity contribution in [2.24, 2.45) is 5.73 Å². The number of ether oxygens (including phenoxy) is 2. The Morgan fingerprint density at radius 3 is 2.62 bits per heavy atom. The van der Waals surface area contributed by atoms with Crippen molar-refractivity contribution in [1.29, 1.82) is 0 Å². The van der Waals surface area contributed by atoms with Crippen molar-refractivity contribution >= 4 is 16.7 Å². The monoisotopic (exact) mass is 352 g/mol. The molecule has 0 saturated heterocycles. The molecule has 3 rings (SSSR count). The van der Waals surface area contributed by atoms with Crippen LogP contribution in [0, 0.1) is 0 Å². The summed E-state index contributed by atoms with van der Waals surface area (Å²) in [5.74, 6) is 1.56. The molecule has 3 N–H and O–H groups in total. The van der Waals surface area contributed by atoms with E-state index in [0.717, 1.165) is 25.7 Å². The second kappa shape index (κ2) is 7.98. The Kier molecular flexibility index (Phi) is 5.73. The Hall–Kier alpha value is -1.60.